The maximum Gasteiger partial charge on any atom is 0.261 e. The van der Waals surface area contributed by atoms with Crippen LogP contribution in [0.1, 0.15) is 25.7 Å². The van der Waals surface area contributed by atoms with Crippen molar-refractivity contribution in [2.24, 2.45) is 5.92 Å². The minimum absolute atomic E-state index is 0. The lowest BCUT2D eigenvalue weighted by Gasteiger charge is -2.27. The Bertz CT molecular complexity index is 1530. The van der Waals surface area contributed by atoms with Gasteiger partial charge in [-0.3, -0.25) is 14.6 Å². The van der Waals surface area contributed by atoms with Gasteiger partial charge in [-0.1, -0.05) is 0 Å². The molecule has 0 atom stereocenters. The first-order valence-corrected chi connectivity index (χ1v) is 14.9. The Morgan fingerprint density at radius 3 is 2.48 bits per heavy atom. The number of methoxy groups -OCH3 is 2. The number of hydrogen-bond donors (Lipinski definition) is 0. The molecule has 2 aliphatic heterocycles. The molecule has 2 fully saturated rings. The van der Waals surface area contributed by atoms with Crippen LogP contribution in [0.5, 0.6) is 11.5 Å². The molecular weight excluding hydrogens is 590 g/mol. The predicted octanol–water partition coefficient (Wildman–Crippen LogP) is 6.23. The van der Waals surface area contributed by atoms with E-state index in [1.807, 2.05) is 58.4 Å². The topological polar surface area (TPSA) is 77.8 Å². The molecule has 2 aromatic carbocycles. The third kappa shape index (κ3) is 7.57. The van der Waals surface area contributed by atoms with E-state index in [0.29, 0.717) is 43.5 Å². The Balaban J connectivity index is 0.00000384. The largest absolute Gasteiger partial charge is 0.497 e. The van der Waals surface area contributed by atoms with Gasteiger partial charge in [-0.05, 0) is 43.4 Å². The number of benzene rings is 2. The Morgan fingerprint density at radius 2 is 1.77 bits per heavy atom. The molecule has 0 aliphatic carbocycles. The van der Waals surface area contributed by atoms with Crippen molar-refractivity contribution in [2.75, 3.05) is 58.5 Å². The molecule has 12 heteroatoms. The molecule has 6 rings (SSSR count). The molecule has 0 amide bonds. The van der Waals surface area contributed by atoms with Crippen molar-refractivity contribution in [3.8, 4) is 22.8 Å². The quantitative estimate of drug-likeness (QED) is 0.194. The monoisotopic (exact) mass is 628 g/mol. The lowest BCUT2D eigenvalue weighted by molar-refractivity contribution is 0.0122. The minimum atomic E-state index is -2.60. The Labute approximate surface area is 262 Å². The van der Waals surface area contributed by atoms with Crippen LogP contribution in [0.15, 0.2) is 55.0 Å². The van der Waals surface area contributed by atoms with E-state index in [4.69, 9.17) is 19.2 Å². The molecule has 4 heterocycles. The van der Waals surface area contributed by atoms with E-state index in [0.717, 1.165) is 66.3 Å². The summed E-state index contributed by atoms with van der Waals surface area (Å²) >= 11 is 0. The van der Waals surface area contributed by atoms with Crippen LogP contribution in [0.25, 0.3) is 22.3 Å². The number of halogens is 3. The first kappa shape index (κ1) is 31.9. The molecule has 2 saturated heterocycles. The van der Waals surface area contributed by atoms with Gasteiger partial charge in [0.15, 0.2) is 0 Å². The van der Waals surface area contributed by atoms with Gasteiger partial charge in [-0.15, -0.1) is 12.4 Å². The minimum Gasteiger partial charge on any atom is -0.497 e. The SMILES string of the molecule is COc1cc(OC)cc(N(CCCN2CCC(F)(F)C2)c2ccc3ncc(-c4cnn(CC5CCOCC5)c4)nc3c2)c1.Cl. The first-order valence-electron chi connectivity index (χ1n) is 14.9. The van der Waals surface area contributed by atoms with Gasteiger partial charge in [-0.25, -0.2) is 13.8 Å². The summed E-state index contributed by atoms with van der Waals surface area (Å²) in [4.78, 5) is 13.6. The van der Waals surface area contributed by atoms with Crippen LogP contribution >= 0.6 is 12.4 Å². The van der Waals surface area contributed by atoms with Gasteiger partial charge in [0.25, 0.3) is 5.92 Å². The molecule has 2 aliphatic rings. The van der Waals surface area contributed by atoms with Crippen molar-refractivity contribution in [2.45, 2.75) is 38.2 Å². The maximum absolute atomic E-state index is 13.8. The van der Waals surface area contributed by atoms with Gasteiger partial charge < -0.3 is 19.1 Å². The molecule has 0 radical (unpaired) electrons. The predicted molar refractivity (Wildman–Crippen MR) is 169 cm³/mol. The van der Waals surface area contributed by atoms with Crippen LogP contribution < -0.4 is 14.4 Å². The van der Waals surface area contributed by atoms with E-state index >= 15 is 0 Å². The van der Waals surface area contributed by atoms with E-state index in [1.54, 1.807) is 20.4 Å². The average Bonchev–Trinajstić information content (AvgIpc) is 3.64. The second-order valence-corrected chi connectivity index (χ2v) is 11.4. The summed E-state index contributed by atoms with van der Waals surface area (Å²) in [7, 11) is 3.24. The van der Waals surface area contributed by atoms with Gasteiger partial charge >= 0.3 is 0 Å². The van der Waals surface area contributed by atoms with Crippen LogP contribution in [-0.2, 0) is 11.3 Å². The van der Waals surface area contributed by atoms with E-state index in [9.17, 15) is 8.78 Å². The molecule has 44 heavy (non-hydrogen) atoms. The summed E-state index contributed by atoms with van der Waals surface area (Å²) < 4.78 is 46.1. The highest BCUT2D eigenvalue weighted by atomic mass is 35.5. The van der Waals surface area contributed by atoms with Crippen molar-refractivity contribution in [1.29, 1.82) is 0 Å². The van der Waals surface area contributed by atoms with Crippen molar-refractivity contribution in [1.82, 2.24) is 24.6 Å². The summed E-state index contributed by atoms with van der Waals surface area (Å²) in [5.41, 5.74) is 5.00. The molecule has 0 saturated carbocycles. The zero-order chi connectivity index (χ0) is 29.8. The smallest absolute Gasteiger partial charge is 0.261 e. The fraction of sp³-hybridized carbons (Fsp3) is 0.469. The number of alkyl halides is 2. The number of anilines is 2. The van der Waals surface area contributed by atoms with E-state index in [-0.39, 0.29) is 25.4 Å². The number of aromatic nitrogens is 4. The molecular formula is C32H39ClF2N6O3. The Morgan fingerprint density at radius 1 is 1.00 bits per heavy atom. The van der Waals surface area contributed by atoms with E-state index in [2.05, 4.69) is 15.0 Å². The molecule has 9 nitrogen and oxygen atoms in total. The second kappa shape index (κ2) is 14.0. The molecule has 4 aromatic rings. The summed E-state index contributed by atoms with van der Waals surface area (Å²) in [6.45, 7) is 3.91. The van der Waals surface area contributed by atoms with Crippen molar-refractivity contribution in [3.63, 3.8) is 0 Å². The number of rotatable bonds is 11. The van der Waals surface area contributed by atoms with Crippen molar-refractivity contribution >= 4 is 34.8 Å². The van der Waals surface area contributed by atoms with Crippen molar-refractivity contribution in [3.05, 3.63) is 55.0 Å². The van der Waals surface area contributed by atoms with Gasteiger partial charge in [-0.2, -0.15) is 5.10 Å². The standard InChI is InChI=1S/C32H38F2N6O3.ClH/c1-41-27-14-26(15-28(17-27)42-2)40(10-3-9-38-11-8-32(33,34)22-38)25-4-5-29-30(16-25)37-31(19-35-29)24-18-36-39(21-24)20-23-6-12-43-13-7-23;/h4-5,14-19,21,23H,3,6-13,20,22H2,1-2H3;1H. The highest BCUT2D eigenvalue weighted by Gasteiger charge is 2.37. The number of fused-ring (bicyclic) bond motifs is 1. The molecule has 236 valence electrons. The van der Waals surface area contributed by atoms with Crippen LogP contribution in [0.3, 0.4) is 0 Å². The van der Waals surface area contributed by atoms with Gasteiger partial charge in [0.05, 0.1) is 49.9 Å². The zero-order valence-electron chi connectivity index (χ0n) is 25.1. The van der Waals surface area contributed by atoms with Gasteiger partial charge in [0.2, 0.25) is 0 Å². The van der Waals surface area contributed by atoms with Crippen LogP contribution in [0.4, 0.5) is 20.2 Å². The van der Waals surface area contributed by atoms with Crippen LogP contribution in [-0.4, -0.2) is 84.2 Å². The number of ether oxygens (including phenoxy) is 3. The highest BCUT2D eigenvalue weighted by Crippen LogP contribution is 2.35. The number of nitrogens with zero attached hydrogens (tertiary/aromatic N) is 6. The van der Waals surface area contributed by atoms with Crippen LogP contribution in [0.2, 0.25) is 0 Å². The Hall–Kier alpha value is -3.54. The van der Waals surface area contributed by atoms with Gasteiger partial charge in [0.1, 0.15) is 11.5 Å². The lowest BCUT2D eigenvalue weighted by Crippen LogP contribution is -2.29. The molecule has 0 bridgehead atoms. The summed E-state index contributed by atoms with van der Waals surface area (Å²) in [6.07, 6.45) is 8.38. The Kier molecular flexibility index (Phi) is 10.2. The average molecular weight is 629 g/mol. The lowest BCUT2D eigenvalue weighted by atomic mass is 10.0. The molecule has 2 aromatic heterocycles. The number of hydrogen-bond acceptors (Lipinski definition) is 8. The summed E-state index contributed by atoms with van der Waals surface area (Å²) in [6, 6.07) is 11.7. The fourth-order valence-corrected chi connectivity index (χ4v) is 5.90. The molecule has 0 unspecified atom stereocenters. The third-order valence-electron chi connectivity index (χ3n) is 8.31. The first-order chi connectivity index (χ1) is 20.9. The third-order valence-corrected chi connectivity index (χ3v) is 8.31. The zero-order valence-corrected chi connectivity index (χ0v) is 25.9. The molecule has 0 N–H and O–H groups in total. The highest BCUT2D eigenvalue weighted by molar-refractivity contribution is 5.85. The fourth-order valence-electron chi connectivity index (χ4n) is 5.90. The molecule has 0 spiro atoms. The van der Waals surface area contributed by atoms with Crippen molar-refractivity contribution < 1.29 is 23.0 Å². The summed E-state index contributed by atoms with van der Waals surface area (Å²) in [5, 5.41) is 4.59. The van der Waals surface area contributed by atoms with Gasteiger partial charge in [0, 0.05) is 87.1 Å². The summed E-state index contributed by atoms with van der Waals surface area (Å²) in [5.74, 6) is -0.705. The van der Waals surface area contributed by atoms with Crippen LogP contribution in [0, 0.1) is 5.92 Å². The van der Waals surface area contributed by atoms with E-state index < -0.39 is 5.92 Å². The number of likely N-dealkylation sites (tertiary alicyclic amines) is 1. The second-order valence-electron chi connectivity index (χ2n) is 11.4. The normalized spacial score (nSPS) is 17.0. The maximum atomic E-state index is 13.8. The van der Waals surface area contributed by atoms with E-state index in [1.165, 1.54) is 0 Å².